The maximum Gasteiger partial charge on any atom is 0.223 e. The molecule has 0 bridgehead atoms. The summed E-state index contributed by atoms with van der Waals surface area (Å²) in [6.07, 6.45) is 3.99. The summed E-state index contributed by atoms with van der Waals surface area (Å²) < 4.78 is 5.60. The van der Waals surface area contributed by atoms with Gasteiger partial charge in [-0.1, -0.05) is 6.07 Å². The van der Waals surface area contributed by atoms with Crippen LogP contribution < -0.4 is 10.1 Å². The first-order valence-electron chi connectivity index (χ1n) is 6.95. The first-order valence-corrected chi connectivity index (χ1v) is 6.95. The number of carbonyl (C=O) groups excluding carboxylic acids is 1. The van der Waals surface area contributed by atoms with Crippen molar-refractivity contribution < 1.29 is 14.6 Å². The Bertz CT molecular complexity index is 482. The Balaban J connectivity index is 1.48. The minimum atomic E-state index is -0.326. The van der Waals surface area contributed by atoms with Crippen molar-refractivity contribution in [1.29, 1.82) is 0 Å². The molecule has 2 aliphatic rings. The molecule has 1 aromatic rings. The lowest BCUT2D eigenvalue weighted by atomic mass is 10.1. The van der Waals surface area contributed by atoms with Crippen molar-refractivity contribution in [3.8, 4) is 5.75 Å². The van der Waals surface area contributed by atoms with E-state index in [0.717, 1.165) is 42.6 Å². The van der Waals surface area contributed by atoms with Crippen molar-refractivity contribution in [3.05, 3.63) is 29.3 Å². The quantitative estimate of drug-likeness (QED) is 0.848. The predicted molar refractivity (Wildman–Crippen MR) is 71.0 cm³/mol. The highest BCUT2D eigenvalue weighted by atomic mass is 16.5. The third-order valence-electron chi connectivity index (χ3n) is 3.70. The summed E-state index contributed by atoms with van der Waals surface area (Å²) >= 11 is 0. The largest absolute Gasteiger partial charge is 0.493 e. The number of nitrogens with one attached hydrogen (secondary N) is 1. The Morgan fingerprint density at radius 3 is 3.00 bits per heavy atom. The van der Waals surface area contributed by atoms with Crippen LogP contribution in [-0.4, -0.2) is 23.7 Å². The molecule has 1 aromatic carbocycles. The molecule has 1 unspecified atom stereocenters. The molecule has 19 heavy (non-hydrogen) atoms. The average molecular weight is 261 g/mol. The highest BCUT2D eigenvalue weighted by molar-refractivity contribution is 5.76. The van der Waals surface area contributed by atoms with Crippen molar-refractivity contribution in [2.75, 3.05) is 6.61 Å². The molecule has 2 N–H and O–H groups in total. The van der Waals surface area contributed by atoms with Crippen LogP contribution in [0.3, 0.4) is 0 Å². The number of carbonyl (C=O) groups is 1. The summed E-state index contributed by atoms with van der Waals surface area (Å²) in [7, 11) is 0. The second-order valence-corrected chi connectivity index (χ2v) is 5.36. The summed E-state index contributed by atoms with van der Waals surface area (Å²) in [5.41, 5.74) is 2.17. The van der Waals surface area contributed by atoms with Crippen LogP contribution in [0, 0.1) is 0 Å². The number of aliphatic hydroxyl groups excluding tert-OH is 1. The number of amides is 1. The number of ether oxygens (including phenoxy) is 1. The number of aryl methyl sites for hydroxylation is 1. The van der Waals surface area contributed by atoms with Crippen molar-refractivity contribution >= 4 is 5.91 Å². The second kappa shape index (κ2) is 5.21. The van der Waals surface area contributed by atoms with Gasteiger partial charge in [0.2, 0.25) is 5.91 Å². The van der Waals surface area contributed by atoms with E-state index in [1.165, 1.54) is 0 Å². The van der Waals surface area contributed by atoms with E-state index in [0.29, 0.717) is 19.1 Å². The molecule has 102 valence electrons. The molecule has 1 fully saturated rings. The highest BCUT2D eigenvalue weighted by Gasteiger charge is 2.23. The summed E-state index contributed by atoms with van der Waals surface area (Å²) in [4.78, 5) is 11.5. The predicted octanol–water partition coefficient (Wildman–Crippen LogP) is 1.71. The molecule has 1 atom stereocenters. The monoisotopic (exact) mass is 261 g/mol. The van der Waals surface area contributed by atoms with Crippen LogP contribution >= 0.6 is 0 Å². The number of hydrogen-bond acceptors (Lipinski definition) is 3. The highest BCUT2D eigenvalue weighted by Crippen LogP contribution is 2.33. The summed E-state index contributed by atoms with van der Waals surface area (Å²) in [6.45, 7) is 0.403. The van der Waals surface area contributed by atoms with Gasteiger partial charge in [-0.05, 0) is 48.9 Å². The molecule has 0 radical (unpaired) electrons. The van der Waals surface area contributed by atoms with Crippen LogP contribution in [0.25, 0.3) is 0 Å². The van der Waals surface area contributed by atoms with E-state index in [1.54, 1.807) is 0 Å². The van der Waals surface area contributed by atoms with Crippen LogP contribution in [0.2, 0.25) is 0 Å². The Morgan fingerprint density at radius 2 is 2.21 bits per heavy atom. The number of benzene rings is 1. The van der Waals surface area contributed by atoms with E-state index >= 15 is 0 Å². The van der Waals surface area contributed by atoms with Crippen LogP contribution in [-0.2, 0) is 11.2 Å². The second-order valence-electron chi connectivity index (χ2n) is 5.36. The topological polar surface area (TPSA) is 58.6 Å². The standard InChI is InChI=1S/C15H19NO3/c17-14-6-1-10-9-12(4-5-13(10)14)19-8-7-15(18)16-11-2-3-11/h4-5,9,11,14,17H,1-3,6-8H2,(H,16,18). The number of rotatable bonds is 5. The Labute approximate surface area is 112 Å². The number of aliphatic hydroxyl groups is 1. The lowest BCUT2D eigenvalue weighted by molar-refractivity contribution is -0.121. The zero-order valence-corrected chi connectivity index (χ0v) is 10.9. The maximum atomic E-state index is 11.5. The van der Waals surface area contributed by atoms with E-state index in [-0.39, 0.29) is 12.0 Å². The van der Waals surface area contributed by atoms with E-state index in [9.17, 15) is 9.90 Å². The van der Waals surface area contributed by atoms with Gasteiger partial charge in [0.1, 0.15) is 5.75 Å². The Hall–Kier alpha value is -1.55. The molecule has 0 aliphatic heterocycles. The van der Waals surface area contributed by atoms with Gasteiger partial charge in [-0.25, -0.2) is 0 Å². The smallest absolute Gasteiger partial charge is 0.223 e. The first-order chi connectivity index (χ1) is 9.22. The van der Waals surface area contributed by atoms with Crippen molar-refractivity contribution in [3.63, 3.8) is 0 Å². The Morgan fingerprint density at radius 1 is 1.37 bits per heavy atom. The minimum absolute atomic E-state index is 0.0686. The molecule has 0 spiro atoms. The van der Waals surface area contributed by atoms with E-state index in [4.69, 9.17) is 4.74 Å². The zero-order chi connectivity index (χ0) is 13.2. The van der Waals surface area contributed by atoms with Crippen molar-refractivity contribution in [2.24, 2.45) is 0 Å². The molecule has 4 heteroatoms. The summed E-state index contributed by atoms with van der Waals surface area (Å²) in [6, 6.07) is 6.18. The normalized spacial score (nSPS) is 21.0. The molecular formula is C15H19NO3. The third-order valence-corrected chi connectivity index (χ3v) is 3.70. The molecule has 0 saturated heterocycles. The SMILES string of the molecule is O=C(CCOc1ccc2c(c1)CCC2O)NC1CC1. The lowest BCUT2D eigenvalue weighted by Gasteiger charge is -2.09. The van der Waals surface area contributed by atoms with E-state index in [1.807, 2.05) is 18.2 Å². The van der Waals surface area contributed by atoms with Gasteiger partial charge in [0.05, 0.1) is 19.1 Å². The van der Waals surface area contributed by atoms with E-state index < -0.39 is 0 Å². The molecule has 1 amide bonds. The van der Waals surface area contributed by atoms with E-state index in [2.05, 4.69) is 5.32 Å². The minimum Gasteiger partial charge on any atom is -0.493 e. The first kappa shape index (κ1) is 12.5. The molecule has 3 rings (SSSR count). The van der Waals surface area contributed by atoms with Crippen molar-refractivity contribution in [2.45, 2.75) is 44.2 Å². The molecule has 0 aromatic heterocycles. The van der Waals surface area contributed by atoms with Gasteiger partial charge in [-0.3, -0.25) is 4.79 Å². The van der Waals surface area contributed by atoms with Gasteiger partial charge in [-0.15, -0.1) is 0 Å². The van der Waals surface area contributed by atoms with Gasteiger partial charge >= 0.3 is 0 Å². The molecule has 4 nitrogen and oxygen atoms in total. The fourth-order valence-corrected chi connectivity index (χ4v) is 2.45. The van der Waals surface area contributed by atoms with Gasteiger partial charge in [0, 0.05) is 6.04 Å². The van der Waals surface area contributed by atoms with Crippen molar-refractivity contribution in [1.82, 2.24) is 5.32 Å². The van der Waals surface area contributed by atoms with Crippen LogP contribution in [0.5, 0.6) is 5.75 Å². The fourth-order valence-electron chi connectivity index (χ4n) is 2.45. The molecular weight excluding hydrogens is 242 g/mol. The summed E-state index contributed by atoms with van der Waals surface area (Å²) in [5.74, 6) is 0.853. The van der Waals surface area contributed by atoms with Gasteiger partial charge < -0.3 is 15.2 Å². The Kier molecular flexibility index (Phi) is 3.42. The summed E-state index contributed by atoms with van der Waals surface area (Å²) in [5, 5.41) is 12.7. The van der Waals surface area contributed by atoms with Crippen LogP contribution in [0.15, 0.2) is 18.2 Å². The van der Waals surface area contributed by atoms with Gasteiger partial charge in [-0.2, -0.15) is 0 Å². The lowest BCUT2D eigenvalue weighted by Crippen LogP contribution is -2.26. The molecule has 2 aliphatic carbocycles. The molecule has 1 saturated carbocycles. The van der Waals surface area contributed by atoms with Crippen LogP contribution in [0.4, 0.5) is 0 Å². The third kappa shape index (κ3) is 3.07. The molecule has 0 heterocycles. The average Bonchev–Trinajstić information content (AvgIpc) is 3.13. The zero-order valence-electron chi connectivity index (χ0n) is 10.9. The van der Waals surface area contributed by atoms with Crippen LogP contribution in [0.1, 0.15) is 42.9 Å². The fraction of sp³-hybridized carbons (Fsp3) is 0.533. The van der Waals surface area contributed by atoms with Gasteiger partial charge in [0.25, 0.3) is 0 Å². The number of hydrogen-bond donors (Lipinski definition) is 2. The van der Waals surface area contributed by atoms with Gasteiger partial charge in [0.15, 0.2) is 0 Å². The number of fused-ring (bicyclic) bond motifs is 1. The maximum absolute atomic E-state index is 11.5.